The van der Waals surface area contributed by atoms with Crippen LogP contribution in [0, 0.1) is 0 Å². The zero-order valence-corrected chi connectivity index (χ0v) is 12.2. The number of hydrogen-bond acceptors (Lipinski definition) is 3. The van der Waals surface area contributed by atoms with Crippen molar-refractivity contribution in [2.45, 2.75) is 37.6 Å². The van der Waals surface area contributed by atoms with Gasteiger partial charge >= 0.3 is 0 Å². The molecule has 1 aromatic heterocycles. The van der Waals surface area contributed by atoms with Gasteiger partial charge < -0.3 is 10.4 Å². The van der Waals surface area contributed by atoms with E-state index in [1.165, 1.54) is 0 Å². The van der Waals surface area contributed by atoms with Crippen molar-refractivity contribution in [1.29, 1.82) is 0 Å². The molecule has 0 unspecified atom stereocenters. The van der Waals surface area contributed by atoms with Gasteiger partial charge in [-0.3, -0.25) is 9.78 Å². The van der Waals surface area contributed by atoms with E-state index in [9.17, 15) is 9.90 Å². The van der Waals surface area contributed by atoms with Crippen molar-refractivity contribution < 1.29 is 9.90 Å². The maximum absolute atomic E-state index is 12.6. The number of nitrogens with zero attached hydrogens (tertiary/aromatic N) is 1. The molecule has 2 N–H and O–H groups in total. The average Bonchev–Trinajstić information content (AvgIpc) is 3.30. The van der Waals surface area contributed by atoms with Gasteiger partial charge in [0.05, 0.1) is 17.3 Å². The molecular formula is C18H18N2O2. The topological polar surface area (TPSA) is 62.2 Å². The van der Waals surface area contributed by atoms with E-state index < -0.39 is 0 Å². The number of rotatable bonds is 3. The minimum absolute atomic E-state index is 0.0261. The van der Waals surface area contributed by atoms with Crippen LogP contribution in [0.25, 0.3) is 0 Å². The molecule has 1 amide bonds. The van der Waals surface area contributed by atoms with Crippen LogP contribution in [0.1, 0.15) is 58.4 Å². The lowest BCUT2D eigenvalue weighted by molar-refractivity contribution is 0.0935. The van der Waals surface area contributed by atoms with Crippen LogP contribution in [0.2, 0.25) is 0 Å². The fourth-order valence-electron chi connectivity index (χ4n) is 3.31. The van der Waals surface area contributed by atoms with E-state index in [0.29, 0.717) is 17.2 Å². The molecule has 22 heavy (non-hydrogen) atoms. The molecule has 112 valence electrons. The highest BCUT2D eigenvalue weighted by molar-refractivity contribution is 5.95. The lowest BCUT2D eigenvalue weighted by Crippen LogP contribution is -2.28. The largest absolute Gasteiger partial charge is 0.508 e. The van der Waals surface area contributed by atoms with Gasteiger partial charge in [-0.05, 0) is 55.0 Å². The predicted molar refractivity (Wildman–Crippen MR) is 82.8 cm³/mol. The van der Waals surface area contributed by atoms with Crippen molar-refractivity contribution in [1.82, 2.24) is 10.3 Å². The smallest absolute Gasteiger partial charge is 0.253 e. The summed E-state index contributed by atoms with van der Waals surface area (Å²) in [7, 11) is 0. The molecule has 0 radical (unpaired) electrons. The number of hydrogen-bond donors (Lipinski definition) is 2. The molecular weight excluding hydrogens is 276 g/mol. The molecule has 4 nitrogen and oxygen atoms in total. The van der Waals surface area contributed by atoms with Crippen molar-refractivity contribution in [2.75, 3.05) is 0 Å². The summed E-state index contributed by atoms with van der Waals surface area (Å²) in [6.07, 6.45) is 5.63. The third kappa shape index (κ3) is 2.25. The Bertz CT molecular complexity index is 738. The Labute approximate surface area is 129 Å². The number of aromatic hydroxyl groups is 1. The van der Waals surface area contributed by atoms with Crippen molar-refractivity contribution in [3.63, 3.8) is 0 Å². The molecule has 0 spiro atoms. The first-order chi connectivity index (χ1) is 10.7. The second kappa shape index (κ2) is 5.13. The average molecular weight is 294 g/mol. The van der Waals surface area contributed by atoms with Gasteiger partial charge in [-0.2, -0.15) is 0 Å². The van der Waals surface area contributed by atoms with E-state index in [1.807, 2.05) is 24.3 Å². The van der Waals surface area contributed by atoms with E-state index in [-0.39, 0.29) is 11.9 Å². The van der Waals surface area contributed by atoms with E-state index in [2.05, 4.69) is 10.3 Å². The maximum Gasteiger partial charge on any atom is 0.253 e. The predicted octanol–water partition coefficient (Wildman–Crippen LogP) is 3.08. The lowest BCUT2D eigenvalue weighted by Gasteiger charge is -2.15. The molecule has 0 aliphatic heterocycles. The molecule has 1 heterocycles. The number of phenols is 1. The van der Waals surface area contributed by atoms with Gasteiger partial charge in [-0.25, -0.2) is 0 Å². The molecule has 4 rings (SSSR count). The minimum Gasteiger partial charge on any atom is -0.508 e. The van der Waals surface area contributed by atoms with Gasteiger partial charge in [-0.1, -0.05) is 12.1 Å². The van der Waals surface area contributed by atoms with Gasteiger partial charge in [0, 0.05) is 12.1 Å². The van der Waals surface area contributed by atoms with Crippen molar-refractivity contribution in [2.24, 2.45) is 0 Å². The number of carbonyl (C=O) groups is 1. The molecule has 4 heteroatoms. The zero-order valence-electron chi connectivity index (χ0n) is 12.2. The number of fused-ring (bicyclic) bond motifs is 1. The second-order valence-corrected chi connectivity index (χ2v) is 6.12. The summed E-state index contributed by atoms with van der Waals surface area (Å²) in [5, 5.41) is 13.0. The molecule has 1 atom stereocenters. The van der Waals surface area contributed by atoms with Crippen LogP contribution in [0.15, 0.2) is 36.5 Å². The zero-order chi connectivity index (χ0) is 15.1. The first-order valence-corrected chi connectivity index (χ1v) is 7.80. The first kappa shape index (κ1) is 13.3. The standard InChI is InChI=1S/C18H18N2O2/c21-16-5-1-3-12-13(16)8-9-15(12)20-18(22)14-4-2-10-19-17(14)11-6-7-11/h1-5,10-11,15,21H,6-9H2,(H,20,22)/t15-/m1/s1. The highest BCUT2D eigenvalue weighted by Gasteiger charge is 2.31. The molecule has 2 aliphatic carbocycles. The summed E-state index contributed by atoms with van der Waals surface area (Å²) in [6.45, 7) is 0. The molecule has 0 saturated heterocycles. The Kier molecular flexibility index (Phi) is 3.10. The van der Waals surface area contributed by atoms with Crippen LogP contribution >= 0.6 is 0 Å². The van der Waals surface area contributed by atoms with E-state index in [0.717, 1.165) is 42.5 Å². The van der Waals surface area contributed by atoms with Crippen molar-refractivity contribution in [3.8, 4) is 5.75 Å². The van der Waals surface area contributed by atoms with Crippen molar-refractivity contribution in [3.05, 3.63) is 58.9 Å². The lowest BCUT2D eigenvalue weighted by atomic mass is 10.1. The molecule has 1 aromatic carbocycles. The van der Waals surface area contributed by atoms with Crippen LogP contribution in [0.3, 0.4) is 0 Å². The SMILES string of the molecule is O=C(N[C@@H]1CCc2c(O)cccc21)c1cccnc1C1CC1. The number of nitrogens with one attached hydrogen (secondary N) is 1. The minimum atomic E-state index is -0.0591. The number of pyridine rings is 1. The van der Waals surface area contributed by atoms with Crippen LogP contribution in [0.4, 0.5) is 0 Å². The Morgan fingerprint density at radius 3 is 2.86 bits per heavy atom. The van der Waals surface area contributed by atoms with Crippen molar-refractivity contribution >= 4 is 5.91 Å². The van der Waals surface area contributed by atoms with Gasteiger partial charge in [0.1, 0.15) is 5.75 Å². The Morgan fingerprint density at radius 1 is 1.18 bits per heavy atom. The van der Waals surface area contributed by atoms with Gasteiger partial charge in [0.15, 0.2) is 0 Å². The molecule has 0 bridgehead atoms. The van der Waals surface area contributed by atoms with Gasteiger partial charge in [-0.15, -0.1) is 0 Å². The monoisotopic (exact) mass is 294 g/mol. The first-order valence-electron chi connectivity index (χ1n) is 7.80. The third-order valence-corrected chi connectivity index (χ3v) is 4.60. The number of carbonyl (C=O) groups excluding carboxylic acids is 1. The quantitative estimate of drug-likeness (QED) is 0.914. The van der Waals surface area contributed by atoms with Crippen LogP contribution in [-0.4, -0.2) is 16.0 Å². The summed E-state index contributed by atoms with van der Waals surface area (Å²) < 4.78 is 0. The number of phenolic OH excluding ortho intramolecular Hbond substituents is 1. The summed E-state index contributed by atoms with van der Waals surface area (Å²) in [4.78, 5) is 17.0. The Balaban J connectivity index is 1.58. The number of benzene rings is 1. The summed E-state index contributed by atoms with van der Waals surface area (Å²) >= 11 is 0. The normalized spacial score (nSPS) is 19.7. The summed E-state index contributed by atoms with van der Waals surface area (Å²) in [5.74, 6) is 0.715. The molecule has 1 saturated carbocycles. The third-order valence-electron chi connectivity index (χ3n) is 4.60. The second-order valence-electron chi connectivity index (χ2n) is 6.12. The maximum atomic E-state index is 12.6. The molecule has 2 aromatic rings. The Hall–Kier alpha value is -2.36. The Morgan fingerprint density at radius 2 is 2.05 bits per heavy atom. The van der Waals surface area contributed by atoms with Gasteiger partial charge in [0.2, 0.25) is 0 Å². The fourth-order valence-corrected chi connectivity index (χ4v) is 3.31. The molecule has 1 fully saturated rings. The highest BCUT2D eigenvalue weighted by Crippen LogP contribution is 2.41. The van der Waals surface area contributed by atoms with Crippen LogP contribution in [0.5, 0.6) is 5.75 Å². The van der Waals surface area contributed by atoms with E-state index in [1.54, 1.807) is 12.3 Å². The van der Waals surface area contributed by atoms with E-state index >= 15 is 0 Å². The number of aromatic nitrogens is 1. The van der Waals surface area contributed by atoms with Gasteiger partial charge in [0.25, 0.3) is 5.91 Å². The molecule has 2 aliphatic rings. The fraction of sp³-hybridized carbons (Fsp3) is 0.333. The summed E-state index contributed by atoms with van der Waals surface area (Å²) in [5.41, 5.74) is 3.61. The van der Waals surface area contributed by atoms with Crippen LogP contribution in [-0.2, 0) is 6.42 Å². The van der Waals surface area contributed by atoms with Crippen LogP contribution < -0.4 is 5.32 Å². The number of amides is 1. The van der Waals surface area contributed by atoms with E-state index in [4.69, 9.17) is 0 Å². The summed E-state index contributed by atoms with van der Waals surface area (Å²) in [6, 6.07) is 9.16. The highest BCUT2D eigenvalue weighted by atomic mass is 16.3.